The topological polar surface area (TPSA) is 70.3 Å². The third-order valence-corrected chi connectivity index (χ3v) is 1.10. The van der Waals surface area contributed by atoms with Crippen LogP contribution in [0.1, 0.15) is 26.7 Å². The summed E-state index contributed by atoms with van der Waals surface area (Å²) < 4.78 is 4.76. The van der Waals surface area contributed by atoms with Gasteiger partial charge in [0, 0.05) is 0 Å². The minimum atomic E-state index is -0.902. The van der Waals surface area contributed by atoms with E-state index >= 15 is 0 Å². The van der Waals surface area contributed by atoms with E-state index < -0.39 is 12.1 Å². The van der Waals surface area contributed by atoms with Gasteiger partial charge in [-0.2, -0.15) is 5.26 Å². The van der Waals surface area contributed by atoms with E-state index in [0.717, 1.165) is 0 Å². The van der Waals surface area contributed by atoms with Gasteiger partial charge in [-0.25, -0.2) is 0 Å². The van der Waals surface area contributed by atoms with E-state index in [-0.39, 0.29) is 18.9 Å². The number of aliphatic hydroxyl groups excluding tert-OH is 1. The Morgan fingerprint density at radius 3 is 2.67 bits per heavy atom. The number of hydrogen-bond acceptors (Lipinski definition) is 4. The van der Waals surface area contributed by atoms with Crippen molar-refractivity contribution in [1.82, 2.24) is 0 Å². The maximum absolute atomic E-state index is 10.8. The summed E-state index contributed by atoms with van der Waals surface area (Å²) in [5, 5.41) is 17.2. The Labute approximate surface area is 71.8 Å². The fraction of sp³-hybridized carbons (Fsp3) is 0.750. The molecule has 68 valence electrons. The van der Waals surface area contributed by atoms with Crippen LogP contribution in [-0.4, -0.2) is 23.3 Å². The third kappa shape index (κ3) is 5.69. The van der Waals surface area contributed by atoms with Crippen molar-refractivity contribution < 1.29 is 14.6 Å². The maximum Gasteiger partial charge on any atom is 0.308 e. The summed E-state index contributed by atoms with van der Waals surface area (Å²) >= 11 is 0. The number of carbonyl (C=O) groups excluding carboxylic acids is 1. The highest BCUT2D eigenvalue weighted by atomic mass is 16.5. The van der Waals surface area contributed by atoms with Crippen molar-refractivity contribution in [2.45, 2.75) is 38.9 Å². The normalized spacial score (nSPS) is 12.2. The number of aliphatic hydroxyl groups is 1. The van der Waals surface area contributed by atoms with Gasteiger partial charge < -0.3 is 9.84 Å². The molecular weight excluding hydrogens is 158 g/mol. The van der Waals surface area contributed by atoms with E-state index in [4.69, 9.17) is 15.1 Å². The molecule has 0 aromatic rings. The Bertz CT molecular complexity index is 183. The zero-order chi connectivity index (χ0) is 9.56. The fourth-order valence-electron chi connectivity index (χ4n) is 0.681. The van der Waals surface area contributed by atoms with Crippen LogP contribution in [0.5, 0.6) is 0 Å². The van der Waals surface area contributed by atoms with Crippen molar-refractivity contribution in [3.63, 3.8) is 0 Å². The molecule has 1 N–H and O–H groups in total. The highest BCUT2D eigenvalue weighted by Crippen LogP contribution is 2.00. The van der Waals surface area contributed by atoms with Crippen molar-refractivity contribution in [2.75, 3.05) is 0 Å². The predicted octanol–water partition coefficient (Wildman–Crippen LogP) is 0.603. The number of nitriles is 1. The van der Waals surface area contributed by atoms with Crippen molar-refractivity contribution in [3.8, 4) is 6.07 Å². The molecule has 12 heavy (non-hydrogen) atoms. The van der Waals surface area contributed by atoms with Crippen LogP contribution in [-0.2, 0) is 9.53 Å². The van der Waals surface area contributed by atoms with Crippen LogP contribution >= 0.6 is 0 Å². The molecule has 0 aliphatic carbocycles. The second-order valence-electron chi connectivity index (χ2n) is 2.76. The van der Waals surface area contributed by atoms with Gasteiger partial charge in [0.2, 0.25) is 0 Å². The summed E-state index contributed by atoms with van der Waals surface area (Å²) in [5.74, 6) is -0.465. The molecule has 0 heterocycles. The molecular formula is C8H13NO3. The summed E-state index contributed by atoms with van der Waals surface area (Å²) in [7, 11) is 0. The third-order valence-electron chi connectivity index (χ3n) is 1.10. The molecule has 0 spiro atoms. The van der Waals surface area contributed by atoms with Crippen LogP contribution < -0.4 is 0 Å². The maximum atomic E-state index is 10.8. The van der Waals surface area contributed by atoms with Crippen molar-refractivity contribution in [2.24, 2.45) is 0 Å². The minimum absolute atomic E-state index is 0.0345. The zero-order valence-corrected chi connectivity index (χ0v) is 7.28. The summed E-state index contributed by atoms with van der Waals surface area (Å²) in [6.07, 6.45) is -1.22. The van der Waals surface area contributed by atoms with Gasteiger partial charge in [0.25, 0.3) is 0 Å². The standard InChI is InChI=1S/C8H13NO3/c1-6(2)12-8(11)5-7(10)3-4-9/h6-7,10H,3,5H2,1-2H3/t7-/m1/s1. The van der Waals surface area contributed by atoms with E-state index in [9.17, 15) is 4.79 Å². The van der Waals surface area contributed by atoms with Crippen LogP contribution in [0.3, 0.4) is 0 Å². The van der Waals surface area contributed by atoms with Crippen LogP contribution in [0.4, 0.5) is 0 Å². The van der Waals surface area contributed by atoms with E-state index in [1.807, 2.05) is 0 Å². The molecule has 0 rings (SSSR count). The lowest BCUT2D eigenvalue weighted by Crippen LogP contribution is -2.18. The van der Waals surface area contributed by atoms with Crippen LogP contribution in [0.2, 0.25) is 0 Å². The largest absolute Gasteiger partial charge is 0.463 e. The highest BCUT2D eigenvalue weighted by molar-refractivity contribution is 5.70. The van der Waals surface area contributed by atoms with E-state index in [1.54, 1.807) is 19.9 Å². The first-order chi connectivity index (χ1) is 5.56. The number of rotatable bonds is 4. The smallest absolute Gasteiger partial charge is 0.308 e. The number of carbonyl (C=O) groups is 1. The number of hydrogen-bond donors (Lipinski definition) is 1. The van der Waals surface area contributed by atoms with Gasteiger partial charge >= 0.3 is 5.97 Å². The summed E-state index contributed by atoms with van der Waals surface area (Å²) in [6.45, 7) is 3.46. The van der Waals surface area contributed by atoms with Crippen molar-refractivity contribution in [1.29, 1.82) is 5.26 Å². The molecule has 0 aliphatic heterocycles. The molecule has 0 amide bonds. The van der Waals surface area contributed by atoms with Crippen molar-refractivity contribution in [3.05, 3.63) is 0 Å². The summed E-state index contributed by atoms with van der Waals surface area (Å²) in [4.78, 5) is 10.8. The zero-order valence-electron chi connectivity index (χ0n) is 7.28. The lowest BCUT2D eigenvalue weighted by atomic mass is 10.2. The molecule has 1 atom stereocenters. The second kappa shape index (κ2) is 5.56. The monoisotopic (exact) mass is 171 g/mol. The minimum Gasteiger partial charge on any atom is -0.463 e. The van der Waals surface area contributed by atoms with E-state index in [0.29, 0.717) is 0 Å². The van der Waals surface area contributed by atoms with Gasteiger partial charge in [0.05, 0.1) is 31.1 Å². The Morgan fingerprint density at radius 1 is 1.67 bits per heavy atom. The molecule has 0 unspecified atom stereocenters. The molecule has 0 radical (unpaired) electrons. The Kier molecular flexibility index (Phi) is 5.06. The number of esters is 1. The fourth-order valence-corrected chi connectivity index (χ4v) is 0.681. The van der Waals surface area contributed by atoms with Crippen LogP contribution in [0, 0.1) is 11.3 Å². The molecule has 0 fully saturated rings. The quantitative estimate of drug-likeness (QED) is 0.629. The lowest BCUT2D eigenvalue weighted by Gasteiger charge is -2.09. The van der Waals surface area contributed by atoms with Crippen LogP contribution in [0.15, 0.2) is 0 Å². The molecule has 0 bridgehead atoms. The second-order valence-corrected chi connectivity index (χ2v) is 2.76. The molecule has 4 nitrogen and oxygen atoms in total. The highest BCUT2D eigenvalue weighted by Gasteiger charge is 2.12. The first-order valence-corrected chi connectivity index (χ1v) is 3.80. The molecule has 0 aromatic carbocycles. The molecule has 0 aliphatic rings. The average molecular weight is 171 g/mol. The Balaban J connectivity index is 3.63. The molecule has 0 aromatic heterocycles. The Morgan fingerprint density at radius 2 is 2.25 bits per heavy atom. The number of ether oxygens (including phenoxy) is 1. The van der Waals surface area contributed by atoms with Crippen molar-refractivity contribution >= 4 is 5.97 Å². The Hall–Kier alpha value is -1.08. The lowest BCUT2D eigenvalue weighted by molar-refractivity contribution is -0.149. The number of nitrogens with zero attached hydrogens (tertiary/aromatic N) is 1. The first-order valence-electron chi connectivity index (χ1n) is 3.80. The van der Waals surface area contributed by atoms with Gasteiger partial charge in [0.1, 0.15) is 0 Å². The summed E-state index contributed by atoms with van der Waals surface area (Å²) in [5.41, 5.74) is 0. The van der Waals surface area contributed by atoms with Gasteiger partial charge in [-0.3, -0.25) is 4.79 Å². The predicted molar refractivity (Wildman–Crippen MR) is 42.1 cm³/mol. The van der Waals surface area contributed by atoms with E-state index in [2.05, 4.69) is 0 Å². The van der Waals surface area contributed by atoms with Gasteiger partial charge in [-0.05, 0) is 13.8 Å². The molecule has 0 saturated heterocycles. The van der Waals surface area contributed by atoms with Gasteiger partial charge in [-0.1, -0.05) is 0 Å². The van der Waals surface area contributed by atoms with Crippen LogP contribution in [0.25, 0.3) is 0 Å². The molecule has 0 saturated carbocycles. The van der Waals surface area contributed by atoms with Gasteiger partial charge in [-0.15, -0.1) is 0 Å². The van der Waals surface area contributed by atoms with E-state index in [1.165, 1.54) is 0 Å². The van der Waals surface area contributed by atoms with Gasteiger partial charge in [0.15, 0.2) is 0 Å². The summed E-state index contributed by atoms with van der Waals surface area (Å²) in [6, 6.07) is 1.77. The first kappa shape index (κ1) is 10.9. The average Bonchev–Trinajstić information content (AvgIpc) is 1.84. The molecule has 4 heteroatoms. The SMILES string of the molecule is CC(C)OC(=O)C[C@H](O)CC#N.